The van der Waals surface area contributed by atoms with Crippen LogP contribution in [0.3, 0.4) is 0 Å². The number of aliphatic hydroxyl groups is 1. The van der Waals surface area contributed by atoms with E-state index in [-0.39, 0.29) is 12.4 Å². The Bertz CT molecular complexity index is 931. The van der Waals surface area contributed by atoms with Crippen LogP contribution in [0.1, 0.15) is 6.92 Å². The molecule has 0 aliphatic heterocycles. The third kappa shape index (κ3) is 3.78. The molecule has 1 aromatic heterocycles. The summed E-state index contributed by atoms with van der Waals surface area (Å²) in [6, 6.07) is 9.24. The van der Waals surface area contributed by atoms with Crippen molar-refractivity contribution in [2.75, 3.05) is 19.5 Å². The minimum Gasteiger partial charge on any atom is -0.493 e. The Morgan fingerprint density at radius 1 is 1.12 bits per heavy atom. The van der Waals surface area contributed by atoms with E-state index in [1.165, 1.54) is 19.2 Å². The van der Waals surface area contributed by atoms with Crippen molar-refractivity contribution in [3.8, 4) is 23.0 Å². The average Bonchev–Trinajstić information content (AvgIpc) is 2.61. The van der Waals surface area contributed by atoms with E-state index in [0.29, 0.717) is 33.8 Å². The summed E-state index contributed by atoms with van der Waals surface area (Å²) in [6.45, 7) is 1.74. The van der Waals surface area contributed by atoms with Gasteiger partial charge in [-0.25, -0.2) is 4.39 Å². The summed E-state index contributed by atoms with van der Waals surface area (Å²) in [6.07, 6.45) is 0.934. The molecule has 1 atom stereocenters. The number of aromatic nitrogens is 1. The maximum absolute atomic E-state index is 14.0. The fraction of sp³-hybridized carbons (Fsp3) is 0.211. The van der Waals surface area contributed by atoms with Crippen LogP contribution < -0.4 is 19.9 Å². The molecule has 0 fully saturated rings. The van der Waals surface area contributed by atoms with Crippen LogP contribution in [-0.2, 0) is 0 Å². The summed E-state index contributed by atoms with van der Waals surface area (Å²) in [4.78, 5) is 4.29. The zero-order valence-corrected chi connectivity index (χ0v) is 14.4. The van der Waals surface area contributed by atoms with Gasteiger partial charge in [-0.2, -0.15) is 0 Å². The molecule has 0 radical (unpaired) electrons. The van der Waals surface area contributed by atoms with E-state index in [1.807, 2.05) is 0 Å². The number of benzene rings is 2. The van der Waals surface area contributed by atoms with Crippen molar-refractivity contribution in [1.29, 1.82) is 0 Å². The molecule has 0 amide bonds. The van der Waals surface area contributed by atoms with Crippen LogP contribution in [0.15, 0.2) is 42.6 Å². The number of nitrogens with zero attached hydrogens (tertiary/aromatic N) is 1. The molecule has 1 unspecified atom stereocenters. The first-order chi connectivity index (χ1) is 12.5. The van der Waals surface area contributed by atoms with Gasteiger partial charge in [-0.05, 0) is 31.2 Å². The molecule has 1 heterocycles. The molecular formula is C19H19FN2O4. The lowest BCUT2D eigenvalue weighted by Gasteiger charge is -2.15. The van der Waals surface area contributed by atoms with Crippen LogP contribution in [0.25, 0.3) is 10.9 Å². The van der Waals surface area contributed by atoms with Crippen LogP contribution in [0, 0.1) is 5.82 Å². The number of methoxy groups -OCH3 is 1. The van der Waals surface area contributed by atoms with Gasteiger partial charge in [0.1, 0.15) is 12.4 Å². The number of hydrogen-bond acceptors (Lipinski definition) is 6. The molecule has 3 rings (SSSR count). The summed E-state index contributed by atoms with van der Waals surface area (Å²) >= 11 is 0. The Morgan fingerprint density at radius 2 is 1.92 bits per heavy atom. The first-order valence-electron chi connectivity index (χ1n) is 7.98. The largest absolute Gasteiger partial charge is 0.493 e. The monoisotopic (exact) mass is 358 g/mol. The normalized spacial score (nSPS) is 12.0. The summed E-state index contributed by atoms with van der Waals surface area (Å²) in [5.74, 6) is 0.816. The number of halogens is 1. The SMILES string of the molecule is COc1cc2c(Oc3ccc(N)cc3F)ccnc2cc1OCC(C)O. The third-order valence-electron chi connectivity index (χ3n) is 3.64. The number of aliphatic hydroxyl groups excluding tert-OH is 1. The van der Waals surface area contributed by atoms with Crippen molar-refractivity contribution in [2.24, 2.45) is 0 Å². The van der Waals surface area contributed by atoms with Gasteiger partial charge in [0.15, 0.2) is 23.1 Å². The van der Waals surface area contributed by atoms with Gasteiger partial charge in [0.2, 0.25) is 0 Å². The minimum absolute atomic E-state index is 0.0556. The number of hydrogen-bond donors (Lipinski definition) is 2. The highest BCUT2D eigenvalue weighted by atomic mass is 19.1. The second-order valence-electron chi connectivity index (χ2n) is 5.78. The topological polar surface area (TPSA) is 86.8 Å². The van der Waals surface area contributed by atoms with Crippen molar-refractivity contribution < 1.29 is 23.7 Å². The van der Waals surface area contributed by atoms with Crippen molar-refractivity contribution in [1.82, 2.24) is 4.98 Å². The Labute approximate surface area is 149 Å². The third-order valence-corrected chi connectivity index (χ3v) is 3.64. The lowest BCUT2D eigenvalue weighted by atomic mass is 10.1. The molecule has 6 nitrogen and oxygen atoms in total. The summed E-state index contributed by atoms with van der Waals surface area (Å²) in [7, 11) is 1.51. The molecule has 0 saturated heterocycles. The molecule has 7 heteroatoms. The van der Waals surface area contributed by atoms with Gasteiger partial charge in [-0.1, -0.05) is 0 Å². The fourth-order valence-corrected chi connectivity index (χ4v) is 2.42. The van der Waals surface area contributed by atoms with Gasteiger partial charge in [0, 0.05) is 29.4 Å². The fourth-order valence-electron chi connectivity index (χ4n) is 2.42. The first-order valence-corrected chi connectivity index (χ1v) is 7.98. The predicted molar refractivity (Wildman–Crippen MR) is 96.4 cm³/mol. The lowest BCUT2D eigenvalue weighted by molar-refractivity contribution is 0.121. The smallest absolute Gasteiger partial charge is 0.167 e. The Morgan fingerprint density at radius 3 is 2.62 bits per heavy atom. The number of nitrogens with two attached hydrogens (primary N) is 1. The molecule has 3 aromatic rings. The van der Waals surface area contributed by atoms with Gasteiger partial charge in [-0.15, -0.1) is 0 Å². The molecular weight excluding hydrogens is 339 g/mol. The molecule has 0 saturated carbocycles. The average molecular weight is 358 g/mol. The highest BCUT2D eigenvalue weighted by Gasteiger charge is 2.14. The van der Waals surface area contributed by atoms with E-state index in [1.54, 1.807) is 37.4 Å². The number of pyridine rings is 1. The highest BCUT2D eigenvalue weighted by Crippen LogP contribution is 2.37. The van der Waals surface area contributed by atoms with E-state index in [9.17, 15) is 9.50 Å². The van der Waals surface area contributed by atoms with Crippen LogP contribution in [0.2, 0.25) is 0 Å². The van der Waals surface area contributed by atoms with E-state index in [0.717, 1.165) is 0 Å². The number of nitrogen functional groups attached to an aromatic ring is 1. The number of ether oxygens (including phenoxy) is 3. The van der Waals surface area contributed by atoms with Crippen LogP contribution in [-0.4, -0.2) is 29.9 Å². The molecule has 0 bridgehead atoms. The number of anilines is 1. The number of rotatable bonds is 6. The number of fused-ring (bicyclic) bond motifs is 1. The van der Waals surface area contributed by atoms with Crippen LogP contribution >= 0.6 is 0 Å². The van der Waals surface area contributed by atoms with Gasteiger partial charge in [-0.3, -0.25) is 4.98 Å². The Kier molecular flexibility index (Phi) is 5.09. The van der Waals surface area contributed by atoms with Crippen molar-refractivity contribution in [3.05, 3.63) is 48.4 Å². The standard InChI is InChI=1S/C19H19FN2O4/c1-11(23)10-25-19-9-15-13(8-18(19)24-2)16(5-6-22-15)26-17-4-3-12(21)7-14(17)20/h3-9,11,23H,10,21H2,1-2H3. The van der Waals surface area contributed by atoms with Crippen molar-refractivity contribution in [3.63, 3.8) is 0 Å². The molecule has 3 N–H and O–H groups in total. The van der Waals surface area contributed by atoms with Crippen LogP contribution in [0.5, 0.6) is 23.0 Å². The van der Waals surface area contributed by atoms with Crippen molar-refractivity contribution in [2.45, 2.75) is 13.0 Å². The summed E-state index contributed by atoms with van der Waals surface area (Å²) < 4.78 is 30.6. The van der Waals surface area contributed by atoms with E-state index < -0.39 is 11.9 Å². The van der Waals surface area contributed by atoms with Gasteiger partial charge < -0.3 is 25.1 Å². The maximum Gasteiger partial charge on any atom is 0.167 e. The molecule has 26 heavy (non-hydrogen) atoms. The maximum atomic E-state index is 14.0. The quantitative estimate of drug-likeness (QED) is 0.656. The first kappa shape index (κ1) is 17.8. The van der Waals surface area contributed by atoms with E-state index in [2.05, 4.69) is 4.98 Å². The van der Waals surface area contributed by atoms with E-state index >= 15 is 0 Å². The van der Waals surface area contributed by atoms with E-state index in [4.69, 9.17) is 19.9 Å². The Hall–Kier alpha value is -3.06. The molecule has 136 valence electrons. The zero-order valence-electron chi connectivity index (χ0n) is 14.4. The highest BCUT2D eigenvalue weighted by molar-refractivity contribution is 5.88. The molecule has 0 aliphatic carbocycles. The van der Waals surface area contributed by atoms with Gasteiger partial charge in [0.05, 0.1) is 18.7 Å². The van der Waals surface area contributed by atoms with Gasteiger partial charge in [0.25, 0.3) is 0 Å². The molecule has 0 aliphatic rings. The van der Waals surface area contributed by atoms with Crippen molar-refractivity contribution >= 4 is 16.6 Å². The second-order valence-corrected chi connectivity index (χ2v) is 5.78. The van der Waals surface area contributed by atoms with Crippen LogP contribution in [0.4, 0.5) is 10.1 Å². The molecule has 0 spiro atoms. The summed E-state index contributed by atoms with van der Waals surface area (Å²) in [5, 5.41) is 10.0. The zero-order chi connectivity index (χ0) is 18.7. The van der Waals surface area contributed by atoms with Gasteiger partial charge >= 0.3 is 0 Å². The minimum atomic E-state index is -0.619. The second kappa shape index (κ2) is 7.45. The predicted octanol–water partition coefficient (Wildman–Crippen LogP) is 3.52. The summed E-state index contributed by atoms with van der Waals surface area (Å²) in [5.41, 5.74) is 6.46. The lowest BCUT2D eigenvalue weighted by Crippen LogP contribution is -2.13. The Balaban J connectivity index is 2.01. The molecule has 2 aromatic carbocycles.